The molecule has 5 rings (SSSR count). The van der Waals surface area contributed by atoms with Gasteiger partial charge in [0, 0.05) is 29.1 Å². The zero-order valence-electron chi connectivity index (χ0n) is 18.6. The smallest absolute Gasteiger partial charge is 0.219 e. The fraction of sp³-hybridized carbons (Fsp3) is 0.560. The van der Waals surface area contributed by atoms with E-state index in [1.54, 1.807) is 12.4 Å². The number of benzene rings is 1. The van der Waals surface area contributed by atoms with Gasteiger partial charge < -0.3 is 10.1 Å². The van der Waals surface area contributed by atoms with Crippen molar-refractivity contribution in [1.29, 1.82) is 0 Å². The third-order valence-corrected chi connectivity index (χ3v) is 6.91. The van der Waals surface area contributed by atoms with Crippen LogP contribution in [0.3, 0.4) is 0 Å². The molecule has 1 aliphatic carbocycles. The van der Waals surface area contributed by atoms with Gasteiger partial charge in [0.1, 0.15) is 12.4 Å². The Balaban J connectivity index is 0.000000520. The first-order chi connectivity index (χ1) is 14.9. The average molecular weight is 439 g/mol. The molecule has 3 aliphatic rings. The summed E-state index contributed by atoms with van der Waals surface area (Å²) in [5.74, 6) is 1.76. The summed E-state index contributed by atoms with van der Waals surface area (Å²) in [7, 11) is 0. The van der Waals surface area contributed by atoms with Crippen molar-refractivity contribution in [3.8, 4) is 5.88 Å². The predicted molar refractivity (Wildman–Crippen MR) is 124 cm³/mol. The van der Waals surface area contributed by atoms with Crippen LogP contribution in [0.25, 0.3) is 4.85 Å². The first kappa shape index (κ1) is 22.0. The maximum absolute atomic E-state index is 7.21. The normalized spacial score (nSPS) is 24.2. The van der Waals surface area contributed by atoms with E-state index in [0.717, 1.165) is 41.1 Å². The summed E-state index contributed by atoms with van der Waals surface area (Å²) in [6, 6.07) is 4.87. The van der Waals surface area contributed by atoms with E-state index in [1.165, 1.54) is 25.7 Å². The van der Waals surface area contributed by atoms with Crippen molar-refractivity contribution in [2.24, 2.45) is 5.92 Å². The number of aryl methyl sites for hydroxylation is 1. The molecular formula is C25H31ClN4O. The Labute approximate surface area is 190 Å². The van der Waals surface area contributed by atoms with Gasteiger partial charge in [-0.1, -0.05) is 37.4 Å². The number of hydrogen-bond acceptors (Lipinski definition) is 4. The van der Waals surface area contributed by atoms with Crippen molar-refractivity contribution in [3.63, 3.8) is 0 Å². The lowest BCUT2D eigenvalue weighted by Gasteiger charge is -2.29. The molecule has 3 fully saturated rings. The van der Waals surface area contributed by atoms with Crippen LogP contribution in [0.5, 0.6) is 5.88 Å². The van der Waals surface area contributed by atoms with Gasteiger partial charge in [-0.25, -0.2) is 14.8 Å². The highest BCUT2D eigenvalue weighted by Crippen LogP contribution is 2.32. The van der Waals surface area contributed by atoms with Gasteiger partial charge in [-0.15, -0.1) is 0 Å². The Morgan fingerprint density at radius 1 is 1.13 bits per heavy atom. The quantitative estimate of drug-likeness (QED) is 0.597. The summed E-state index contributed by atoms with van der Waals surface area (Å²) in [5.41, 5.74) is 4.36. The topological polar surface area (TPSA) is 51.4 Å². The maximum Gasteiger partial charge on any atom is 0.219 e. The van der Waals surface area contributed by atoms with Crippen LogP contribution in [0, 0.1) is 26.3 Å². The largest absolute Gasteiger partial charge is 0.474 e. The van der Waals surface area contributed by atoms with Crippen molar-refractivity contribution < 1.29 is 4.74 Å². The van der Waals surface area contributed by atoms with Gasteiger partial charge >= 0.3 is 0 Å². The Hall–Kier alpha value is -2.16. The molecule has 2 atom stereocenters. The molecule has 6 heteroatoms. The van der Waals surface area contributed by atoms with E-state index < -0.39 is 0 Å². The zero-order chi connectivity index (χ0) is 22.0. The lowest BCUT2D eigenvalue weighted by molar-refractivity contribution is 0.130. The summed E-state index contributed by atoms with van der Waals surface area (Å²) < 4.78 is 6.27. The Kier molecular flexibility index (Phi) is 6.79. The lowest BCUT2D eigenvalue weighted by Crippen LogP contribution is -2.42. The Morgan fingerprint density at radius 2 is 1.81 bits per heavy atom. The van der Waals surface area contributed by atoms with Gasteiger partial charge in [0.25, 0.3) is 0 Å². The molecule has 2 saturated heterocycles. The van der Waals surface area contributed by atoms with E-state index in [0.29, 0.717) is 35.1 Å². The Morgan fingerprint density at radius 3 is 2.42 bits per heavy atom. The third kappa shape index (κ3) is 5.56. The molecule has 31 heavy (non-hydrogen) atoms. The van der Waals surface area contributed by atoms with Crippen LogP contribution in [-0.4, -0.2) is 28.2 Å². The van der Waals surface area contributed by atoms with Crippen LogP contribution in [0.4, 0.5) is 5.69 Å². The molecule has 1 aromatic heterocycles. The molecule has 0 spiro atoms. The first-order valence-corrected chi connectivity index (χ1v) is 11.7. The fourth-order valence-corrected chi connectivity index (χ4v) is 4.58. The molecule has 2 aliphatic heterocycles. The van der Waals surface area contributed by atoms with Crippen molar-refractivity contribution in [2.45, 2.75) is 83.9 Å². The van der Waals surface area contributed by atoms with Gasteiger partial charge in [-0.05, 0) is 62.6 Å². The van der Waals surface area contributed by atoms with Crippen molar-refractivity contribution in [3.05, 3.63) is 57.3 Å². The second-order valence-corrected chi connectivity index (χ2v) is 9.71. The third-order valence-electron chi connectivity index (χ3n) is 6.56. The number of nitrogens with one attached hydrogen (secondary N) is 1. The molecule has 0 amide bonds. The molecule has 3 heterocycles. The number of aromatic nitrogens is 2. The number of piperidine rings is 1. The molecule has 1 saturated carbocycles. The summed E-state index contributed by atoms with van der Waals surface area (Å²) in [6.45, 7) is 13.4. The van der Waals surface area contributed by atoms with Crippen LogP contribution in [0.15, 0.2) is 18.5 Å². The number of fused-ring (bicyclic) bond motifs is 2. The van der Waals surface area contributed by atoms with E-state index >= 15 is 0 Å². The van der Waals surface area contributed by atoms with E-state index in [9.17, 15) is 0 Å². The van der Waals surface area contributed by atoms with Gasteiger partial charge in [0.05, 0.1) is 12.3 Å². The van der Waals surface area contributed by atoms with E-state index in [2.05, 4.69) is 27.1 Å². The van der Waals surface area contributed by atoms with Crippen LogP contribution < -0.4 is 10.1 Å². The fourth-order valence-electron chi connectivity index (χ4n) is 4.36. The predicted octanol–water partition coefficient (Wildman–Crippen LogP) is 5.97. The SMILES string of the molecule is CC1CC1.[C-]#[N+]c1cc(Cl)c(Cc2ncnc(OC3CC4CCC(C3)N4)c2C)cc1C. The number of rotatable bonds is 4. The number of ether oxygens (including phenoxy) is 1. The van der Waals surface area contributed by atoms with E-state index in [1.807, 2.05) is 19.9 Å². The highest BCUT2D eigenvalue weighted by molar-refractivity contribution is 6.31. The van der Waals surface area contributed by atoms with Crippen LogP contribution in [-0.2, 0) is 6.42 Å². The highest BCUT2D eigenvalue weighted by Gasteiger charge is 2.35. The summed E-state index contributed by atoms with van der Waals surface area (Å²) in [5, 5.41) is 4.24. The van der Waals surface area contributed by atoms with Crippen molar-refractivity contribution in [2.75, 3.05) is 0 Å². The van der Waals surface area contributed by atoms with Crippen molar-refractivity contribution >= 4 is 17.3 Å². The molecular weight excluding hydrogens is 408 g/mol. The molecule has 1 aromatic carbocycles. The van der Waals surface area contributed by atoms with Gasteiger partial charge in [-0.3, -0.25) is 0 Å². The molecule has 5 nitrogen and oxygen atoms in total. The second kappa shape index (κ2) is 9.54. The summed E-state index contributed by atoms with van der Waals surface area (Å²) >= 11 is 6.39. The van der Waals surface area contributed by atoms with Crippen molar-refractivity contribution in [1.82, 2.24) is 15.3 Å². The minimum absolute atomic E-state index is 0.217. The summed E-state index contributed by atoms with van der Waals surface area (Å²) in [6.07, 6.45) is 9.93. The molecule has 2 aromatic rings. The van der Waals surface area contributed by atoms with Crippen LogP contribution in [0.2, 0.25) is 5.02 Å². The maximum atomic E-state index is 7.21. The molecule has 1 N–H and O–H groups in total. The standard InChI is InChI=1S/C21H23ClN4O.C4H8/c1-12-6-14(18(22)10-19(12)23-3)7-20-13(2)21(25-11-24-20)27-17-8-15-4-5-16(9-17)26-15;1-4-2-3-4/h6,10-11,15-17,26H,4-5,7-9H2,1-2H3;4H,2-3H2,1H3. The Bertz CT molecular complexity index is 970. The van der Waals surface area contributed by atoms with Gasteiger partial charge in [0.2, 0.25) is 5.88 Å². The lowest BCUT2D eigenvalue weighted by atomic mass is 10.0. The van der Waals surface area contributed by atoms with E-state index in [-0.39, 0.29) is 6.10 Å². The number of hydrogen-bond donors (Lipinski definition) is 1. The minimum Gasteiger partial charge on any atom is -0.474 e. The molecule has 2 bridgehead atoms. The molecule has 164 valence electrons. The number of halogens is 1. The molecule has 0 radical (unpaired) electrons. The number of nitrogens with zero attached hydrogens (tertiary/aromatic N) is 3. The van der Waals surface area contributed by atoms with Crippen LogP contribution >= 0.6 is 11.6 Å². The highest BCUT2D eigenvalue weighted by atomic mass is 35.5. The monoisotopic (exact) mass is 438 g/mol. The van der Waals surface area contributed by atoms with Gasteiger partial charge in [-0.2, -0.15) is 0 Å². The molecule has 2 unspecified atom stereocenters. The van der Waals surface area contributed by atoms with E-state index in [4.69, 9.17) is 22.9 Å². The second-order valence-electron chi connectivity index (χ2n) is 9.30. The summed E-state index contributed by atoms with van der Waals surface area (Å²) in [4.78, 5) is 12.4. The zero-order valence-corrected chi connectivity index (χ0v) is 19.4. The minimum atomic E-state index is 0.217. The van der Waals surface area contributed by atoms with Gasteiger partial charge in [0.15, 0.2) is 5.69 Å². The van der Waals surface area contributed by atoms with Crippen LogP contribution in [0.1, 0.15) is 67.8 Å². The average Bonchev–Trinajstić information content (AvgIpc) is 3.46. The first-order valence-electron chi connectivity index (χ1n) is 11.3.